The van der Waals surface area contributed by atoms with Crippen LogP contribution in [0.25, 0.3) is 10.1 Å². The van der Waals surface area contributed by atoms with E-state index in [1.54, 1.807) is 11.3 Å². The number of pyridine rings is 1. The monoisotopic (exact) mass is 171 g/mol. The molecule has 0 spiro atoms. The van der Waals surface area contributed by atoms with Gasteiger partial charge in [-0.15, -0.1) is 23.7 Å². The zero-order valence-electron chi connectivity index (χ0n) is 5.15. The van der Waals surface area contributed by atoms with Crippen molar-refractivity contribution in [3.8, 4) is 0 Å². The number of fused-ring (bicyclic) bond motifs is 1. The quantitative estimate of drug-likeness (QED) is 0.594. The number of hydrogen-bond acceptors (Lipinski definition) is 2. The summed E-state index contributed by atoms with van der Waals surface area (Å²) in [6.07, 6.45) is 3.70. The van der Waals surface area contributed by atoms with Crippen molar-refractivity contribution in [2.24, 2.45) is 0 Å². The Hall–Kier alpha value is -0.600. The van der Waals surface area contributed by atoms with Crippen molar-refractivity contribution in [1.82, 2.24) is 4.98 Å². The first-order valence-electron chi connectivity index (χ1n) is 2.74. The third-order valence-electron chi connectivity index (χ3n) is 1.25. The van der Waals surface area contributed by atoms with Crippen LogP contribution in [-0.2, 0) is 0 Å². The van der Waals surface area contributed by atoms with Crippen molar-refractivity contribution < 1.29 is 0 Å². The van der Waals surface area contributed by atoms with Gasteiger partial charge in [0.25, 0.3) is 0 Å². The Balaban J connectivity index is 0.000000500. The van der Waals surface area contributed by atoms with Gasteiger partial charge in [-0.2, -0.15) is 0 Å². The Morgan fingerprint density at radius 2 is 2.20 bits per heavy atom. The van der Waals surface area contributed by atoms with E-state index in [-0.39, 0.29) is 12.4 Å². The molecule has 2 rings (SSSR count). The molecule has 0 saturated carbocycles. The fraction of sp³-hybridized carbons (Fsp3) is 0. The van der Waals surface area contributed by atoms with Crippen molar-refractivity contribution in [1.29, 1.82) is 0 Å². The third kappa shape index (κ3) is 1.13. The van der Waals surface area contributed by atoms with E-state index < -0.39 is 0 Å². The Bertz CT molecular complexity index is 288. The van der Waals surface area contributed by atoms with Crippen molar-refractivity contribution in [2.75, 3.05) is 0 Å². The summed E-state index contributed by atoms with van der Waals surface area (Å²) >= 11 is 1.75. The molecule has 2 aromatic heterocycles. The maximum Gasteiger partial charge on any atom is 0.0373 e. The fourth-order valence-corrected chi connectivity index (χ4v) is 1.56. The summed E-state index contributed by atoms with van der Waals surface area (Å²) in [6, 6.07) is 4.10. The normalized spacial score (nSPS) is 9.20. The van der Waals surface area contributed by atoms with Crippen LogP contribution in [-0.4, -0.2) is 4.98 Å². The lowest BCUT2D eigenvalue weighted by molar-refractivity contribution is 1.37. The smallest absolute Gasteiger partial charge is 0.0373 e. The zero-order chi connectivity index (χ0) is 6.10. The Morgan fingerprint density at radius 3 is 3.00 bits per heavy atom. The molecule has 1 nitrogen and oxygen atoms in total. The van der Waals surface area contributed by atoms with Crippen molar-refractivity contribution >= 4 is 33.8 Å². The van der Waals surface area contributed by atoms with Gasteiger partial charge in [0.2, 0.25) is 0 Å². The summed E-state index contributed by atoms with van der Waals surface area (Å²) in [4.78, 5) is 3.99. The number of thiophene rings is 1. The van der Waals surface area contributed by atoms with Crippen LogP contribution in [0.3, 0.4) is 0 Å². The lowest BCUT2D eigenvalue weighted by atomic mass is 10.4. The maximum absolute atomic E-state index is 3.99. The highest BCUT2D eigenvalue weighted by molar-refractivity contribution is 7.17. The second-order valence-electron chi connectivity index (χ2n) is 1.83. The van der Waals surface area contributed by atoms with E-state index in [0.717, 1.165) is 0 Å². The largest absolute Gasteiger partial charge is 0.264 e. The van der Waals surface area contributed by atoms with Crippen LogP contribution in [0.2, 0.25) is 0 Å². The molecule has 0 amide bonds. The van der Waals surface area contributed by atoms with Gasteiger partial charge in [-0.05, 0) is 17.5 Å². The molecule has 52 valence electrons. The van der Waals surface area contributed by atoms with Gasteiger partial charge in [0.15, 0.2) is 0 Å². The van der Waals surface area contributed by atoms with Crippen molar-refractivity contribution in [2.45, 2.75) is 0 Å². The highest BCUT2D eigenvalue weighted by atomic mass is 35.5. The van der Waals surface area contributed by atoms with E-state index in [2.05, 4.69) is 16.4 Å². The summed E-state index contributed by atoms with van der Waals surface area (Å²) < 4.78 is 1.31. The number of hydrogen-bond donors (Lipinski definition) is 0. The van der Waals surface area contributed by atoms with Gasteiger partial charge in [0.1, 0.15) is 0 Å². The lowest BCUT2D eigenvalue weighted by Crippen LogP contribution is -1.64. The fourth-order valence-electron chi connectivity index (χ4n) is 0.807. The molecule has 0 bridgehead atoms. The first kappa shape index (κ1) is 7.51. The number of rotatable bonds is 0. The van der Waals surface area contributed by atoms with E-state index >= 15 is 0 Å². The average molecular weight is 172 g/mol. The van der Waals surface area contributed by atoms with Gasteiger partial charge < -0.3 is 0 Å². The molecular formula is C7H6ClNS. The van der Waals surface area contributed by atoms with Crippen LogP contribution in [0.4, 0.5) is 0 Å². The number of nitrogens with zero attached hydrogens (tertiary/aromatic N) is 1. The average Bonchev–Trinajstić information content (AvgIpc) is 2.33. The SMILES string of the molecule is Cl.c1cc2sccc2cn1. The summed E-state index contributed by atoms with van der Waals surface area (Å²) in [7, 11) is 0. The first-order valence-corrected chi connectivity index (χ1v) is 3.62. The van der Waals surface area contributed by atoms with Crippen LogP contribution in [0.5, 0.6) is 0 Å². The predicted octanol–water partition coefficient (Wildman–Crippen LogP) is 2.72. The van der Waals surface area contributed by atoms with Gasteiger partial charge in [-0.1, -0.05) is 0 Å². The van der Waals surface area contributed by atoms with E-state index in [0.29, 0.717) is 0 Å². The molecule has 0 aromatic carbocycles. The van der Waals surface area contributed by atoms with E-state index in [9.17, 15) is 0 Å². The second-order valence-corrected chi connectivity index (χ2v) is 2.78. The molecule has 0 fully saturated rings. The Morgan fingerprint density at radius 1 is 1.30 bits per heavy atom. The van der Waals surface area contributed by atoms with E-state index in [1.807, 2.05) is 18.5 Å². The predicted molar refractivity (Wildman–Crippen MR) is 46.9 cm³/mol. The molecule has 0 saturated heterocycles. The summed E-state index contributed by atoms with van der Waals surface area (Å²) in [6.45, 7) is 0. The third-order valence-corrected chi connectivity index (χ3v) is 2.15. The van der Waals surface area contributed by atoms with Crippen LogP contribution in [0.1, 0.15) is 0 Å². The standard InChI is InChI=1S/C7H5NS.ClH/c1-3-8-5-6-2-4-9-7(1)6;/h1-5H;1H. The van der Waals surface area contributed by atoms with Crippen LogP contribution in [0.15, 0.2) is 29.9 Å². The number of aromatic nitrogens is 1. The first-order chi connectivity index (χ1) is 4.47. The summed E-state index contributed by atoms with van der Waals surface area (Å²) in [5, 5.41) is 3.31. The molecule has 0 unspecified atom stereocenters. The van der Waals surface area contributed by atoms with E-state index in [1.165, 1.54) is 10.1 Å². The molecular weight excluding hydrogens is 166 g/mol. The zero-order valence-corrected chi connectivity index (χ0v) is 6.78. The highest BCUT2D eigenvalue weighted by Gasteiger charge is 1.88. The van der Waals surface area contributed by atoms with Crippen LogP contribution < -0.4 is 0 Å². The molecule has 0 atom stereocenters. The molecule has 0 aliphatic heterocycles. The Kier molecular flexibility index (Phi) is 2.25. The molecule has 0 N–H and O–H groups in total. The Labute approximate surface area is 69.1 Å². The van der Waals surface area contributed by atoms with Crippen molar-refractivity contribution in [3.05, 3.63) is 29.9 Å². The molecule has 0 aliphatic carbocycles. The van der Waals surface area contributed by atoms with Gasteiger partial charge in [0, 0.05) is 22.5 Å². The minimum Gasteiger partial charge on any atom is -0.264 e. The van der Waals surface area contributed by atoms with Gasteiger partial charge in [-0.25, -0.2) is 0 Å². The molecule has 3 heteroatoms. The highest BCUT2D eigenvalue weighted by Crippen LogP contribution is 2.17. The second kappa shape index (κ2) is 2.99. The topological polar surface area (TPSA) is 12.9 Å². The summed E-state index contributed by atoms with van der Waals surface area (Å²) in [5.41, 5.74) is 0. The lowest BCUT2D eigenvalue weighted by Gasteiger charge is -1.81. The molecule has 0 aliphatic rings. The van der Waals surface area contributed by atoms with Crippen molar-refractivity contribution in [3.63, 3.8) is 0 Å². The summed E-state index contributed by atoms with van der Waals surface area (Å²) in [5.74, 6) is 0. The van der Waals surface area contributed by atoms with E-state index in [4.69, 9.17) is 0 Å². The molecule has 2 heterocycles. The minimum atomic E-state index is 0. The van der Waals surface area contributed by atoms with Gasteiger partial charge >= 0.3 is 0 Å². The maximum atomic E-state index is 3.99. The minimum absolute atomic E-state index is 0. The molecule has 0 radical (unpaired) electrons. The number of halogens is 1. The van der Waals surface area contributed by atoms with Crippen LogP contribution in [0, 0.1) is 0 Å². The van der Waals surface area contributed by atoms with Gasteiger partial charge in [-0.3, -0.25) is 4.98 Å². The molecule has 2 aromatic rings. The van der Waals surface area contributed by atoms with Crippen LogP contribution >= 0.6 is 23.7 Å². The van der Waals surface area contributed by atoms with Gasteiger partial charge in [0.05, 0.1) is 0 Å². The molecule has 10 heavy (non-hydrogen) atoms.